The van der Waals surface area contributed by atoms with Gasteiger partial charge in [-0.25, -0.2) is 0 Å². The number of aliphatic hydroxyl groups excluding tert-OH is 1. The maximum absolute atomic E-state index is 10.5. The van der Waals surface area contributed by atoms with E-state index in [4.69, 9.17) is 9.47 Å². The molecule has 3 nitrogen and oxygen atoms in total. The maximum atomic E-state index is 10.5. The Labute approximate surface area is 106 Å². The Hall–Kier alpha value is -0.870. The van der Waals surface area contributed by atoms with Gasteiger partial charge in [-0.15, -0.1) is 0 Å². The van der Waals surface area contributed by atoms with E-state index in [0.29, 0.717) is 11.5 Å². The highest BCUT2D eigenvalue weighted by molar-refractivity contribution is 8.00. The molecule has 1 fully saturated rings. The van der Waals surface area contributed by atoms with E-state index in [2.05, 4.69) is 0 Å². The van der Waals surface area contributed by atoms with Crippen molar-refractivity contribution < 1.29 is 14.6 Å². The predicted molar refractivity (Wildman–Crippen MR) is 70.0 cm³/mol. The first-order chi connectivity index (χ1) is 8.27. The number of methoxy groups -OCH3 is 2. The smallest absolute Gasteiger partial charge is 0.128 e. The van der Waals surface area contributed by atoms with Crippen molar-refractivity contribution in [3.05, 3.63) is 23.8 Å². The second-order valence-corrected chi connectivity index (χ2v) is 5.42. The van der Waals surface area contributed by atoms with Gasteiger partial charge < -0.3 is 14.6 Å². The Morgan fingerprint density at radius 3 is 2.41 bits per heavy atom. The molecule has 0 saturated carbocycles. The lowest BCUT2D eigenvalue weighted by atomic mass is 10.0. The van der Waals surface area contributed by atoms with Gasteiger partial charge in [0.05, 0.1) is 25.9 Å². The van der Waals surface area contributed by atoms with Crippen LogP contribution in [0.25, 0.3) is 0 Å². The van der Waals surface area contributed by atoms with Crippen LogP contribution in [0.5, 0.6) is 11.5 Å². The van der Waals surface area contributed by atoms with Gasteiger partial charge in [-0.3, -0.25) is 0 Å². The number of hydrogen-bond acceptors (Lipinski definition) is 4. The number of thioether (sulfide) groups is 1. The second-order valence-electron chi connectivity index (χ2n) is 4.07. The van der Waals surface area contributed by atoms with Crippen molar-refractivity contribution in [3.63, 3.8) is 0 Å². The zero-order chi connectivity index (χ0) is 12.3. The molecule has 0 aliphatic carbocycles. The van der Waals surface area contributed by atoms with E-state index >= 15 is 0 Å². The minimum Gasteiger partial charge on any atom is -0.496 e. The maximum Gasteiger partial charge on any atom is 0.128 e. The summed E-state index contributed by atoms with van der Waals surface area (Å²) in [6.45, 7) is 0. The van der Waals surface area contributed by atoms with Crippen LogP contribution in [0, 0.1) is 0 Å². The Balaban J connectivity index is 2.33. The lowest BCUT2D eigenvalue weighted by Crippen LogP contribution is -2.14. The van der Waals surface area contributed by atoms with Gasteiger partial charge in [0.15, 0.2) is 0 Å². The first-order valence-corrected chi connectivity index (χ1v) is 6.83. The van der Waals surface area contributed by atoms with Crippen LogP contribution >= 0.6 is 11.8 Å². The first kappa shape index (κ1) is 12.6. The molecule has 1 heterocycles. The van der Waals surface area contributed by atoms with Gasteiger partial charge in [-0.2, -0.15) is 11.8 Å². The second kappa shape index (κ2) is 5.65. The highest BCUT2D eigenvalue weighted by Crippen LogP contribution is 2.42. The molecule has 0 radical (unpaired) electrons. The summed E-state index contributed by atoms with van der Waals surface area (Å²) in [6, 6.07) is 5.59. The molecular weight excluding hydrogens is 236 g/mol. The van der Waals surface area contributed by atoms with E-state index in [9.17, 15) is 5.11 Å². The Kier molecular flexibility index (Phi) is 4.18. The molecule has 1 saturated heterocycles. The van der Waals surface area contributed by atoms with Crippen molar-refractivity contribution in [1.82, 2.24) is 0 Å². The summed E-state index contributed by atoms with van der Waals surface area (Å²) in [4.78, 5) is 0. The molecule has 4 heteroatoms. The molecule has 2 atom stereocenters. The summed E-state index contributed by atoms with van der Waals surface area (Å²) < 4.78 is 10.6. The van der Waals surface area contributed by atoms with Crippen LogP contribution in [0.15, 0.2) is 18.2 Å². The molecule has 1 aliphatic rings. The van der Waals surface area contributed by atoms with Crippen LogP contribution in [0.3, 0.4) is 0 Å². The van der Waals surface area contributed by atoms with E-state index in [1.165, 1.54) is 6.42 Å². The van der Waals surface area contributed by atoms with Crippen LogP contribution in [0.2, 0.25) is 0 Å². The molecule has 17 heavy (non-hydrogen) atoms. The zero-order valence-electron chi connectivity index (χ0n) is 10.2. The number of hydrogen-bond donors (Lipinski definition) is 1. The largest absolute Gasteiger partial charge is 0.496 e. The lowest BCUT2D eigenvalue weighted by molar-refractivity contribution is 0.164. The molecule has 0 spiro atoms. The molecule has 2 unspecified atom stereocenters. The Bertz CT molecular complexity index is 353. The summed E-state index contributed by atoms with van der Waals surface area (Å²) in [5.74, 6) is 2.52. The van der Waals surface area contributed by atoms with Gasteiger partial charge in [-0.1, -0.05) is 6.07 Å². The molecule has 94 valence electrons. The van der Waals surface area contributed by atoms with E-state index in [-0.39, 0.29) is 5.25 Å². The van der Waals surface area contributed by atoms with E-state index in [0.717, 1.165) is 17.7 Å². The summed E-state index contributed by atoms with van der Waals surface area (Å²) in [7, 11) is 3.24. The van der Waals surface area contributed by atoms with Crippen LogP contribution < -0.4 is 9.47 Å². The summed E-state index contributed by atoms with van der Waals surface area (Å²) in [6.07, 6.45) is 1.70. The minimum absolute atomic E-state index is 0.250. The fourth-order valence-electron chi connectivity index (χ4n) is 2.21. The summed E-state index contributed by atoms with van der Waals surface area (Å²) in [5.41, 5.74) is 0.775. The van der Waals surface area contributed by atoms with Crippen molar-refractivity contribution in [1.29, 1.82) is 0 Å². The van der Waals surface area contributed by atoms with Crippen LogP contribution in [0.4, 0.5) is 0 Å². The van der Waals surface area contributed by atoms with Gasteiger partial charge in [-0.05, 0) is 30.7 Å². The third kappa shape index (κ3) is 2.53. The molecule has 1 aliphatic heterocycles. The predicted octanol–water partition coefficient (Wildman–Crippen LogP) is 2.63. The van der Waals surface area contributed by atoms with Crippen molar-refractivity contribution in [3.8, 4) is 11.5 Å². The Morgan fingerprint density at radius 1 is 1.29 bits per heavy atom. The molecular formula is C13H18O3S. The number of ether oxygens (including phenoxy) is 2. The van der Waals surface area contributed by atoms with Crippen molar-refractivity contribution in [2.75, 3.05) is 20.0 Å². The van der Waals surface area contributed by atoms with Gasteiger partial charge in [0.1, 0.15) is 11.5 Å². The van der Waals surface area contributed by atoms with Crippen LogP contribution in [-0.2, 0) is 0 Å². The van der Waals surface area contributed by atoms with Gasteiger partial charge >= 0.3 is 0 Å². The summed E-state index contributed by atoms with van der Waals surface area (Å²) in [5, 5.41) is 10.7. The quantitative estimate of drug-likeness (QED) is 0.896. The molecule has 2 rings (SSSR count). The highest BCUT2D eigenvalue weighted by atomic mass is 32.2. The average Bonchev–Trinajstić information content (AvgIpc) is 2.90. The molecule has 0 amide bonds. The zero-order valence-corrected chi connectivity index (χ0v) is 11.0. The molecule has 1 N–H and O–H groups in total. The van der Waals surface area contributed by atoms with E-state index < -0.39 is 6.10 Å². The molecule has 1 aromatic rings. The molecule has 0 aromatic heterocycles. The van der Waals surface area contributed by atoms with E-state index in [1.807, 2.05) is 30.0 Å². The highest BCUT2D eigenvalue weighted by Gasteiger charge is 2.29. The van der Waals surface area contributed by atoms with Crippen LogP contribution in [0.1, 0.15) is 24.5 Å². The summed E-state index contributed by atoms with van der Waals surface area (Å²) >= 11 is 1.82. The third-order valence-corrected chi connectivity index (χ3v) is 4.52. The standard InChI is InChI=1S/C13H18O3S/c1-15-9-5-3-6-10(16-2)12(9)13(14)11-7-4-8-17-11/h3,5-6,11,13-14H,4,7-8H2,1-2H3. The topological polar surface area (TPSA) is 38.7 Å². The molecule has 1 aromatic carbocycles. The van der Waals surface area contributed by atoms with Gasteiger partial charge in [0.2, 0.25) is 0 Å². The van der Waals surface area contributed by atoms with Gasteiger partial charge in [0.25, 0.3) is 0 Å². The molecule has 0 bridgehead atoms. The average molecular weight is 254 g/mol. The van der Waals surface area contributed by atoms with E-state index in [1.54, 1.807) is 14.2 Å². The lowest BCUT2D eigenvalue weighted by Gasteiger charge is -2.22. The fourth-order valence-corrected chi connectivity index (χ4v) is 3.50. The van der Waals surface area contributed by atoms with Crippen molar-refractivity contribution in [2.45, 2.75) is 24.2 Å². The normalized spacial score (nSPS) is 21.2. The number of aliphatic hydroxyl groups is 1. The fraction of sp³-hybridized carbons (Fsp3) is 0.538. The number of rotatable bonds is 4. The minimum atomic E-state index is -0.520. The first-order valence-electron chi connectivity index (χ1n) is 5.78. The van der Waals surface area contributed by atoms with Crippen molar-refractivity contribution >= 4 is 11.8 Å². The SMILES string of the molecule is COc1cccc(OC)c1C(O)C1CCCS1. The monoisotopic (exact) mass is 254 g/mol. The van der Waals surface area contributed by atoms with Crippen molar-refractivity contribution in [2.24, 2.45) is 0 Å². The third-order valence-electron chi connectivity index (χ3n) is 3.08. The number of benzene rings is 1. The Morgan fingerprint density at radius 2 is 1.94 bits per heavy atom. The van der Waals surface area contributed by atoms with Crippen LogP contribution in [-0.4, -0.2) is 30.3 Å². The van der Waals surface area contributed by atoms with Gasteiger partial charge in [0, 0.05) is 5.25 Å².